The second kappa shape index (κ2) is 8.53. The van der Waals surface area contributed by atoms with Crippen LogP contribution in [0.4, 0.5) is 17.1 Å². The number of amides is 2. The summed E-state index contributed by atoms with van der Waals surface area (Å²) in [4.78, 5) is 35.2. The highest BCUT2D eigenvalue weighted by Gasteiger charge is 2.16. The van der Waals surface area contributed by atoms with E-state index in [9.17, 15) is 19.7 Å². The molecular weight excluding hydrogens is 394 g/mol. The summed E-state index contributed by atoms with van der Waals surface area (Å²) >= 11 is 5.77. The first kappa shape index (κ1) is 20.0. The fraction of sp³-hybridized carbons (Fsp3) is 0.0476. The van der Waals surface area contributed by atoms with Gasteiger partial charge in [-0.3, -0.25) is 19.7 Å². The van der Waals surface area contributed by atoms with Gasteiger partial charge in [0.25, 0.3) is 17.5 Å². The number of nitrogens with zero attached hydrogens (tertiary/aromatic N) is 1. The van der Waals surface area contributed by atoms with E-state index in [1.54, 1.807) is 36.4 Å². The van der Waals surface area contributed by atoms with E-state index in [4.69, 9.17) is 11.6 Å². The summed E-state index contributed by atoms with van der Waals surface area (Å²) in [6, 6.07) is 17.6. The highest BCUT2D eigenvalue weighted by Crippen LogP contribution is 2.26. The number of halogens is 1. The number of rotatable bonds is 5. The first-order chi connectivity index (χ1) is 13.8. The molecule has 3 aromatic rings. The lowest BCUT2D eigenvalue weighted by Crippen LogP contribution is -2.14. The third-order valence-corrected chi connectivity index (χ3v) is 4.49. The zero-order valence-electron chi connectivity index (χ0n) is 15.3. The Balaban J connectivity index is 1.75. The molecule has 0 saturated heterocycles. The molecule has 0 fully saturated rings. The van der Waals surface area contributed by atoms with Gasteiger partial charge in [-0.25, -0.2) is 0 Å². The van der Waals surface area contributed by atoms with Crippen LogP contribution in [-0.2, 0) is 0 Å². The number of nitro groups is 1. The maximum Gasteiger partial charge on any atom is 0.288 e. The van der Waals surface area contributed by atoms with E-state index in [0.717, 1.165) is 11.6 Å². The molecule has 0 spiro atoms. The van der Waals surface area contributed by atoms with Crippen LogP contribution in [0.5, 0.6) is 0 Å². The third-order valence-electron chi connectivity index (χ3n) is 4.17. The van der Waals surface area contributed by atoms with Gasteiger partial charge < -0.3 is 10.6 Å². The van der Waals surface area contributed by atoms with Crippen LogP contribution >= 0.6 is 11.6 Å². The van der Waals surface area contributed by atoms with Crippen LogP contribution in [0.25, 0.3) is 0 Å². The average molecular weight is 410 g/mol. The number of carbonyl (C=O) groups excluding carboxylic acids is 2. The SMILES string of the molecule is Cc1ccccc1C(=O)Nc1cccc(NC(=O)c2ccc(Cl)c([N+](=O)[O-])c2)c1. The van der Waals surface area contributed by atoms with Crippen LogP contribution in [0.15, 0.2) is 66.7 Å². The van der Waals surface area contributed by atoms with Crippen molar-refractivity contribution in [2.24, 2.45) is 0 Å². The summed E-state index contributed by atoms with van der Waals surface area (Å²) in [6.45, 7) is 1.84. The zero-order valence-corrected chi connectivity index (χ0v) is 16.1. The first-order valence-electron chi connectivity index (χ1n) is 8.57. The van der Waals surface area contributed by atoms with Gasteiger partial charge in [-0.1, -0.05) is 35.9 Å². The van der Waals surface area contributed by atoms with Crippen LogP contribution < -0.4 is 10.6 Å². The van der Waals surface area contributed by atoms with E-state index >= 15 is 0 Å². The molecule has 0 bridgehead atoms. The topological polar surface area (TPSA) is 101 Å². The fourth-order valence-corrected chi connectivity index (χ4v) is 2.88. The van der Waals surface area contributed by atoms with E-state index < -0.39 is 10.8 Å². The summed E-state index contributed by atoms with van der Waals surface area (Å²) < 4.78 is 0. The highest BCUT2D eigenvalue weighted by molar-refractivity contribution is 6.32. The van der Waals surface area contributed by atoms with Crippen molar-refractivity contribution in [1.82, 2.24) is 0 Å². The summed E-state index contributed by atoms with van der Waals surface area (Å²) in [5.74, 6) is -0.799. The molecule has 7 nitrogen and oxygen atoms in total. The Hall–Kier alpha value is -3.71. The fourth-order valence-electron chi connectivity index (χ4n) is 2.70. The molecule has 0 aliphatic heterocycles. The van der Waals surface area contributed by atoms with Gasteiger partial charge in [-0.2, -0.15) is 0 Å². The molecule has 0 atom stereocenters. The van der Waals surface area contributed by atoms with E-state index in [2.05, 4.69) is 10.6 Å². The molecule has 0 aliphatic carbocycles. The number of hydrogen-bond acceptors (Lipinski definition) is 4. The monoisotopic (exact) mass is 409 g/mol. The number of carbonyl (C=O) groups is 2. The number of benzene rings is 3. The minimum Gasteiger partial charge on any atom is -0.322 e. The second-order valence-electron chi connectivity index (χ2n) is 6.23. The first-order valence-corrected chi connectivity index (χ1v) is 8.95. The Morgan fingerprint density at radius 1 is 0.897 bits per heavy atom. The van der Waals surface area contributed by atoms with Crippen LogP contribution in [0.2, 0.25) is 5.02 Å². The Morgan fingerprint density at radius 3 is 2.21 bits per heavy atom. The number of nitro benzene ring substituents is 1. The minimum absolute atomic E-state index is 0.0486. The summed E-state index contributed by atoms with van der Waals surface area (Å²) in [5.41, 5.74) is 2.07. The Bertz CT molecular complexity index is 1110. The van der Waals surface area contributed by atoms with E-state index in [0.29, 0.717) is 16.9 Å². The van der Waals surface area contributed by atoms with Crippen molar-refractivity contribution in [1.29, 1.82) is 0 Å². The molecule has 2 amide bonds. The third kappa shape index (κ3) is 4.77. The largest absolute Gasteiger partial charge is 0.322 e. The van der Waals surface area contributed by atoms with Gasteiger partial charge in [0.1, 0.15) is 5.02 Å². The number of nitrogens with one attached hydrogen (secondary N) is 2. The lowest BCUT2D eigenvalue weighted by Gasteiger charge is -2.10. The standard InChI is InChI=1S/C21H16ClN3O4/c1-13-5-2-3-8-17(13)21(27)24-16-7-4-6-15(12-16)23-20(26)14-9-10-18(22)19(11-14)25(28)29/h2-12H,1H3,(H,23,26)(H,24,27). The molecule has 29 heavy (non-hydrogen) atoms. The van der Waals surface area contributed by atoms with Crippen molar-refractivity contribution in [2.75, 3.05) is 10.6 Å². The predicted octanol–water partition coefficient (Wildman–Crippen LogP) is 5.06. The van der Waals surface area contributed by atoms with Gasteiger partial charge in [0.15, 0.2) is 0 Å². The number of anilines is 2. The quantitative estimate of drug-likeness (QED) is 0.454. The van der Waals surface area contributed by atoms with Crippen LogP contribution in [0.1, 0.15) is 26.3 Å². The Labute approximate surface area is 171 Å². The molecule has 0 unspecified atom stereocenters. The Kier molecular flexibility index (Phi) is 5.90. The van der Waals surface area contributed by atoms with E-state index in [-0.39, 0.29) is 22.2 Å². The molecular formula is C21H16ClN3O4. The highest BCUT2D eigenvalue weighted by atomic mass is 35.5. The van der Waals surface area contributed by atoms with Crippen molar-refractivity contribution >= 4 is 40.5 Å². The van der Waals surface area contributed by atoms with Crippen LogP contribution in [-0.4, -0.2) is 16.7 Å². The van der Waals surface area contributed by atoms with Crippen molar-refractivity contribution < 1.29 is 14.5 Å². The molecule has 0 radical (unpaired) electrons. The summed E-state index contributed by atoms with van der Waals surface area (Å²) in [6.07, 6.45) is 0. The molecule has 2 N–H and O–H groups in total. The van der Waals surface area contributed by atoms with E-state index in [1.165, 1.54) is 12.1 Å². The van der Waals surface area contributed by atoms with Gasteiger partial charge in [0.2, 0.25) is 0 Å². The summed E-state index contributed by atoms with van der Waals surface area (Å²) in [7, 11) is 0. The van der Waals surface area contributed by atoms with Crippen LogP contribution in [0, 0.1) is 17.0 Å². The maximum absolute atomic E-state index is 12.4. The van der Waals surface area contributed by atoms with Gasteiger partial charge in [-0.05, 0) is 48.9 Å². The van der Waals surface area contributed by atoms with Crippen LogP contribution in [0.3, 0.4) is 0 Å². The average Bonchev–Trinajstić information content (AvgIpc) is 2.68. The van der Waals surface area contributed by atoms with Crippen molar-refractivity contribution in [3.63, 3.8) is 0 Å². The molecule has 0 saturated carbocycles. The molecule has 0 aliphatic rings. The molecule has 0 heterocycles. The van der Waals surface area contributed by atoms with Gasteiger partial charge in [0, 0.05) is 28.6 Å². The van der Waals surface area contributed by atoms with Crippen molar-refractivity contribution in [3.05, 3.63) is 98.6 Å². The van der Waals surface area contributed by atoms with E-state index in [1.807, 2.05) is 19.1 Å². The smallest absolute Gasteiger partial charge is 0.288 e. The predicted molar refractivity (Wildman–Crippen MR) is 112 cm³/mol. The minimum atomic E-state index is -0.652. The van der Waals surface area contributed by atoms with Crippen molar-refractivity contribution in [2.45, 2.75) is 6.92 Å². The molecule has 3 aromatic carbocycles. The van der Waals surface area contributed by atoms with Crippen molar-refractivity contribution in [3.8, 4) is 0 Å². The lowest BCUT2D eigenvalue weighted by atomic mass is 10.1. The number of hydrogen-bond donors (Lipinski definition) is 2. The van der Waals surface area contributed by atoms with Gasteiger partial charge in [0.05, 0.1) is 4.92 Å². The molecule has 146 valence electrons. The molecule has 3 rings (SSSR count). The lowest BCUT2D eigenvalue weighted by molar-refractivity contribution is -0.384. The second-order valence-corrected chi connectivity index (χ2v) is 6.63. The Morgan fingerprint density at radius 2 is 1.55 bits per heavy atom. The molecule has 0 aromatic heterocycles. The number of aryl methyl sites for hydroxylation is 1. The van der Waals surface area contributed by atoms with Gasteiger partial charge >= 0.3 is 0 Å². The normalized spacial score (nSPS) is 10.3. The summed E-state index contributed by atoms with van der Waals surface area (Å²) in [5, 5.41) is 16.4. The molecule has 8 heteroatoms. The van der Waals surface area contributed by atoms with Gasteiger partial charge in [-0.15, -0.1) is 0 Å². The maximum atomic E-state index is 12.4. The zero-order chi connectivity index (χ0) is 21.0.